The first-order valence-electron chi connectivity index (χ1n) is 15.0. The molecular weight excluding hydrogens is 619 g/mol. The second-order valence-electron chi connectivity index (χ2n) is 14.4. The number of methoxy groups -OCH3 is 1. The number of rotatable bonds is 10. The van der Waals surface area contributed by atoms with Gasteiger partial charge >= 0.3 is 6.18 Å². The number of nitrogens with two attached hydrogens (primary N) is 1. The van der Waals surface area contributed by atoms with E-state index in [0.29, 0.717) is 42.4 Å². The van der Waals surface area contributed by atoms with Gasteiger partial charge in [0.15, 0.2) is 8.32 Å². The molecule has 0 bridgehead atoms. The molecule has 3 aromatic rings. The lowest BCUT2D eigenvalue weighted by Crippen LogP contribution is -2.57. The number of fused-ring (bicyclic) bond motifs is 3. The van der Waals surface area contributed by atoms with Crippen LogP contribution in [0.2, 0.25) is 18.1 Å². The molecule has 1 aromatic carbocycles. The van der Waals surface area contributed by atoms with E-state index in [1.54, 1.807) is 24.8 Å². The van der Waals surface area contributed by atoms with Crippen LogP contribution >= 0.6 is 0 Å². The summed E-state index contributed by atoms with van der Waals surface area (Å²) in [7, 11) is 1.02. The number of hydrogen-bond acceptors (Lipinski definition) is 7. The highest BCUT2D eigenvalue weighted by atomic mass is 28.4. The number of aryl methyl sites for hydroxylation is 2. The van der Waals surface area contributed by atoms with Crippen LogP contribution in [0.4, 0.5) is 13.2 Å². The summed E-state index contributed by atoms with van der Waals surface area (Å²) in [5.74, 6) is -1.23. The smallest absolute Gasteiger partial charge is 0.391 e. The van der Waals surface area contributed by atoms with Crippen molar-refractivity contribution in [2.75, 3.05) is 13.7 Å². The largest absolute Gasteiger partial charge is 0.496 e. The number of ether oxygens (including phenoxy) is 1. The van der Waals surface area contributed by atoms with Crippen LogP contribution in [0.5, 0.6) is 5.75 Å². The van der Waals surface area contributed by atoms with Crippen molar-refractivity contribution in [2.24, 2.45) is 12.8 Å². The Morgan fingerprint density at radius 3 is 2.24 bits per heavy atom. The maximum absolute atomic E-state index is 13.8. The molecule has 1 aliphatic heterocycles. The Kier molecular flexibility index (Phi) is 9.03. The molecule has 11 nitrogen and oxygen atoms in total. The quantitative estimate of drug-likeness (QED) is 0.287. The van der Waals surface area contributed by atoms with E-state index < -0.39 is 43.7 Å². The van der Waals surface area contributed by atoms with Crippen molar-refractivity contribution in [1.82, 2.24) is 30.1 Å². The van der Waals surface area contributed by atoms with Crippen molar-refractivity contribution in [3.05, 3.63) is 35.0 Å². The van der Waals surface area contributed by atoms with Crippen LogP contribution in [-0.4, -0.2) is 70.3 Å². The van der Waals surface area contributed by atoms with E-state index in [2.05, 4.69) is 54.6 Å². The summed E-state index contributed by atoms with van der Waals surface area (Å²) in [5, 5.41) is 14.7. The normalized spacial score (nSPS) is 15.2. The number of primary amides is 1. The molecule has 252 valence electrons. The van der Waals surface area contributed by atoms with Gasteiger partial charge in [0.25, 0.3) is 5.91 Å². The van der Waals surface area contributed by atoms with Crippen molar-refractivity contribution >= 4 is 20.1 Å². The summed E-state index contributed by atoms with van der Waals surface area (Å²) in [6.45, 7) is 16.5. The zero-order valence-electron chi connectivity index (χ0n) is 28.1. The second-order valence-corrected chi connectivity index (χ2v) is 19.2. The average Bonchev–Trinajstić information content (AvgIpc) is 3.54. The van der Waals surface area contributed by atoms with Gasteiger partial charge in [-0.05, 0) is 66.0 Å². The molecule has 4 rings (SSSR count). The third-order valence-corrected chi connectivity index (χ3v) is 13.7. The lowest BCUT2D eigenvalue weighted by Gasteiger charge is -2.39. The van der Waals surface area contributed by atoms with Crippen LogP contribution in [-0.2, 0) is 34.6 Å². The number of aromatic nitrogens is 5. The second kappa shape index (κ2) is 11.8. The van der Waals surface area contributed by atoms with Gasteiger partial charge in [-0.3, -0.25) is 9.59 Å². The molecule has 0 fully saturated rings. The van der Waals surface area contributed by atoms with E-state index in [0.717, 1.165) is 23.6 Å². The Labute approximate surface area is 268 Å². The van der Waals surface area contributed by atoms with Gasteiger partial charge in [0, 0.05) is 24.1 Å². The van der Waals surface area contributed by atoms with Crippen molar-refractivity contribution in [3.63, 3.8) is 0 Å². The maximum atomic E-state index is 13.8. The Hall–Kier alpha value is -3.72. The van der Waals surface area contributed by atoms with Crippen molar-refractivity contribution in [3.8, 4) is 28.4 Å². The van der Waals surface area contributed by atoms with Gasteiger partial charge in [-0.2, -0.15) is 18.0 Å². The van der Waals surface area contributed by atoms with E-state index in [1.807, 2.05) is 26.0 Å². The number of tetrazole rings is 1. The Morgan fingerprint density at radius 2 is 1.72 bits per heavy atom. The van der Waals surface area contributed by atoms with E-state index in [9.17, 15) is 22.8 Å². The predicted octanol–water partition coefficient (Wildman–Crippen LogP) is 5.14. The molecule has 3 N–H and O–H groups in total. The summed E-state index contributed by atoms with van der Waals surface area (Å²) >= 11 is 0. The van der Waals surface area contributed by atoms with Crippen molar-refractivity contribution in [1.29, 1.82) is 0 Å². The number of benzene rings is 1. The van der Waals surface area contributed by atoms with Gasteiger partial charge in [0.05, 0.1) is 31.8 Å². The number of alkyl halides is 3. The molecular formula is C31H44F3N7O4Si. The molecule has 0 aliphatic carbocycles. The number of hydrogen-bond donors (Lipinski definition) is 2. The molecule has 0 saturated carbocycles. The molecule has 46 heavy (non-hydrogen) atoms. The van der Waals surface area contributed by atoms with Crippen molar-refractivity contribution in [2.45, 2.75) is 96.2 Å². The van der Waals surface area contributed by atoms with Gasteiger partial charge in [0.2, 0.25) is 11.7 Å². The number of nitrogens with one attached hydrogen (secondary N) is 1. The highest BCUT2D eigenvalue weighted by Crippen LogP contribution is 2.45. The Morgan fingerprint density at radius 1 is 1.07 bits per heavy atom. The molecule has 3 heterocycles. The Balaban J connectivity index is 1.91. The van der Waals surface area contributed by atoms with E-state index in [-0.39, 0.29) is 10.7 Å². The summed E-state index contributed by atoms with van der Waals surface area (Å²) in [4.78, 5) is 27.4. The third-order valence-electron chi connectivity index (χ3n) is 9.18. The van der Waals surface area contributed by atoms with E-state index >= 15 is 0 Å². The summed E-state index contributed by atoms with van der Waals surface area (Å²) in [6, 6.07) is 5.49. The monoisotopic (exact) mass is 663 g/mol. The molecule has 1 aliphatic rings. The topological polar surface area (TPSA) is 139 Å². The molecule has 0 radical (unpaired) electrons. The molecule has 0 spiro atoms. The first-order valence-corrected chi connectivity index (χ1v) is 17.9. The van der Waals surface area contributed by atoms with Gasteiger partial charge < -0.3 is 24.8 Å². The molecule has 15 heteroatoms. The van der Waals surface area contributed by atoms with Crippen LogP contribution in [0, 0.1) is 0 Å². The first kappa shape index (κ1) is 35.1. The number of carbonyl (C=O) groups is 2. The lowest BCUT2D eigenvalue weighted by molar-refractivity contribution is -0.156. The fourth-order valence-corrected chi connectivity index (χ4v) is 6.51. The summed E-state index contributed by atoms with van der Waals surface area (Å²) in [5.41, 5.74) is 6.29. The van der Waals surface area contributed by atoms with Gasteiger partial charge in [-0.1, -0.05) is 34.6 Å². The SMILES string of the molecule is COc1cc2c(cc1-c1nnn(C)n1)-c1c(C(C)(C)CO[Si](C)(C)C(C)(C)C)cc(C(=O)N[C@@](C)(CC(F)(F)F)C(N)=O)n1CC2. The number of halogens is 3. The number of amides is 2. The minimum Gasteiger partial charge on any atom is -0.496 e. The van der Waals surface area contributed by atoms with Crippen LogP contribution in [0.25, 0.3) is 22.6 Å². The summed E-state index contributed by atoms with van der Waals surface area (Å²) in [6.07, 6.45) is -5.85. The summed E-state index contributed by atoms with van der Waals surface area (Å²) < 4.78 is 54.5. The minimum atomic E-state index is -4.74. The standard InChI is InChI=1S/C31H44F3N7O4Si/c1-28(2,3)46(9,10)45-17-29(4,5)21-15-22(26(42)36-30(6,27(35)43)16-31(32,33)34)41-12-11-18-13-23(44-8)20(14-19(18)24(21)41)25-37-39-40(7)38-25/h13-15H,11-12,16-17H2,1-10H3,(H2,35,43)(H,36,42)/t30-/m0/s1. The van der Waals surface area contributed by atoms with Crippen LogP contribution in [0.1, 0.15) is 69.6 Å². The average molecular weight is 664 g/mol. The van der Waals surface area contributed by atoms with E-state index in [4.69, 9.17) is 14.9 Å². The zero-order chi connectivity index (χ0) is 34.6. The molecule has 0 saturated heterocycles. The number of nitrogens with zero attached hydrogens (tertiary/aromatic N) is 5. The minimum absolute atomic E-state index is 0.0478. The highest BCUT2D eigenvalue weighted by Gasteiger charge is 2.46. The lowest BCUT2D eigenvalue weighted by atomic mass is 9.82. The molecule has 2 amide bonds. The van der Waals surface area contributed by atoms with Crippen LogP contribution in [0.15, 0.2) is 18.2 Å². The Bertz CT molecular complexity index is 1660. The number of carbonyl (C=O) groups excluding carboxylic acids is 2. The fourth-order valence-electron chi connectivity index (χ4n) is 5.36. The van der Waals surface area contributed by atoms with Gasteiger partial charge in [-0.15, -0.1) is 10.2 Å². The van der Waals surface area contributed by atoms with Crippen molar-refractivity contribution < 1.29 is 31.9 Å². The molecule has 0 unspecified atom stereocenters. The first-order chi connectivity index (χ1) is 21.0. The zero-order valence-corrected chi connectivity index (χ0v) is 29.1. The maximum Gasteiger partial charge on any atom is 0.391 e. The third kappa shape index (κ3) is 6.84. The van der Waals surface area contributed by atoms with Crippen LogP contribution in [0.3, 0.4) is 0 Å². The highest BCUT2D eigenvalue weighted by molar-refractivity contribution is 6.74. The van der Waals surface area contributed by atoms with Gasteiger partial charge in [0.1, 0.15) is 17.0 Å². The predicted molar refractivity (Wildman–Crippen MR) is 170 cm³/mol. The van der Waals surface area contributed by atoms with E-state index in [1.165, 1.54) is 4.80 Å². The fraction of sp³-hybridized carbons (Fsp3) is 0.581. The van der Waals surface area contributed by atoms with Crippen LogP contribution < -0.4 is 15.8 Å². The van der Waals surface area contributed by atoms with Gasteiger partial charge in [-0.25, -0.2) is 0 Å². The molecule has 2 aromatic heterocycles. The molecule has 1 atom stereocenters.